The van der Waals surface area contributed by atoms with Gasteiger partial charge in [-0.3, -0.25) is 0 Å². The molecule has 0 heterocycles. The van der Waals surface area contributed by atoms with E-state index >= 15 is 0 Å². The van der Waals surface area contributed by atoms with Crippen molar-refractivity contribution in [2.45, 2.75) is 0 Å². The Bertz CT molecular complexity index is 31.0. The van der Waals surface area contributed by atoms with Gasteiger partial charge in [0.25, 0.3) is 0 Å². The SMILES string of the molecule is NCCN.[Au+].[C-]#N.[Ni+2]. The molecule has 0 rings (SSSR count). The molecule has 0 radical (unpaired) electrons. The van der Waals surface area contributed by atoms with Gasteiger partial charge in [-0.15, -0.1) is 0 Å². The topological polar surface area (TPSA) is 75.8 Å². The molecule has 0 saturated heterocycles. The molecule has 4 N–H and O–H groups in total. The van der Waals surface area contributed by atoms with Crippen LogP contribution in [0.5, 0.6) is 0 Å². The number of hydrogen-bond donors (Lipinski definition) is 2. The summed E-state index contributed by atoms with van der Waals surface area (Å²) < 4.78 is 0. The van der Waals surface area contributed by atoms with Gasteiger partial charge >= 0.3 is 38.9 Å². The molecule has 0 bridgehead atoms. The van der Waals surface area contributed by atoms with Crippen LogP contribution in [-0.2, 0) is 38.9 Å². The first-order valence-electron chi connectivity index (χ1n) is 1.54. The average molecular weight is 342 g/mol. The summed E-state index contributed by atoms with van der Waals surface area (Å²) in [5, 5.41) is 6.25. The van der Waals surface area contributed by atoms with Gasteiger partial charge in [-0.05, 0) is 0 Å². The van der Waals surface area contributed by atoms with E-state index in [1.54, 1.807) is 0 Å². The molecule has 0 aromatic heterocycles. The van der Waals surface area contributed by atoms with E-state index in [2.05, 4.69) is 0 Å². The van der Waals surface area contributed by atoms with E-state index in [1.165, 1.54) is 0 Å². The molecule has 0 aliphatic rings. The van der Waals surface area contributed by atoms with Gasteiger partial charge in [-0.1, -0.05) is 0 Å². The third kappa shape index (κ3) is 78.3. The van der Waals surface area contributed by atoms with Crippen LogP contribution in [0.15, 0.2) is 0 Å². The Kier molecular flexibility index (Phi) is 141. The summed E-state index contributed by atoms with van der Waals surface area (Å²) in [4.78, 5) is 0. The summed E-state index contributed by atoms with van der Waals surface area (Å²) in [5.41, 5.74) is 9.81. The maximum Gasteiger partial charge on any atom is 2.00 e. The van der Waals surface area contributed by atoms with Crippen molar-refractivity contribution in [2.75, 3.05) is 13.1 Å². The second-order valence-corrected chi connectivity index (χ2v) is 0.577. The van der Waals surface area contributed by atoms with Gasteiger partial charge in [0.2, 0.25) is 0 Å². The van der Waals surface area contributed by atoms with E-state index in [0.717, 1.165) is 0 Å². The third-order valence-corrected chi connectivity index (χ3v) is 0.167. The monoisotopic (exact) mass is 341 g/mol. The van der Waals surface area contributed by atoms with Crippen molar-refractivity contribution < 1.29 is 38.9 Å². The fourth-order valence-electron chi connectivity index (χ4n) is 0. The van der Waals surface area contributed by atoms with Crippen molar-refractivity contribution in [3.63, 3.8) is 0 Å². The summed E-state index contributed by atoms with van der Waals surface area (Å²) in [7, 11) is 0. The number of rotatable bonds is 1. The first-order chi connectivity index (χ1) is 2.91. The summed E-state index contributed by atoms with van der Waals surface area (Å²) in [6, 6.07) is 0. The minimum Gasteiger partial charge on any atom is -0.512 e. The first-order valence-corrected chi connectivity index (χ1v) is 1.54. The zero-order chi connectivity index (χ0) is 5.41. The average Bonchev–Trinajstić information content (AvgIpc) is 1.72. The molecule has 3 nitrogen and oxygen atoms in total. The Morgan fingerprint density at radius 1 is 1.12 bits per heavy atom. The number of nitrogens with zero attached hydrogens (tertiary/aromatic N) is 1. The van der Waals surface area contributed by atoms with Gasteiger partial charge in [0.05, 0.1) is 0 Å². The molecule has 54 valence electrons. The molecule has 0 saturated carbocycles. The van der Waals surface area contributed by atoms with Crippen LogP contribution >= 0.6 is 0 Å². The van der Waals surface area contributed by atoms with Crippen molar-refractivity contribution in [3.05, 3.63) is 6.57 Å². The largest absolute Gasteiger partial charge is 2.00 e. The zero-order valence-corrected chi connectivity index (χ0v) is 7.29. The van der Waals surface area contributed by atoms with Crippen LogP contribution < -0.4 is 11.5 Å². The van der Waals surface area contributed by atoms with Gasteiger partial charge in [0, 0.05) is 13.1 Å². The van der Waals surface area contributed by atoms with Crippen LogP contribution in [-0.4, -0.2) is 13.1 Å². The Labute approximate surface area is 75.2 Å². The predicted octanol–water partition coefficient (Wildman–Crippen LogP) is -1.00. The Balaban J connectivity index is -0.0000000183. The molecular weight excluding hydrogens is 334 g/mol. The Morgan fingerprint density at radius 3 is 1.25 bits per heavy atom. The van der Waals surface area contributed by atoms with Crippen molar-refractivity contribution in [2.24, 2.45) is 11.5 Å². The fraction of sp³-hybridized carbons (Fsp3) is 0.667. The van der Waals surface area contributed by atoms with Gasteiger partial charge < -0.3 is 23.3 Å². The summed E-state index contributed by atoms with van der Waals surface area (Å²) in [6.07, 6.45) is 0. The molecule has 0 unspecified atom stereocenters. The smallest absolute Gasteiger partial charge is 0.512 e. The normalized spacial score (nSPS) is 4.00. The van der Waals surface area contributed by atoms with Gasteiger partial charge in [-0.2, -0.15) is 0 Å². The van der Waals surface area contributed by atoms with Gasteiger partial charge in [0.15, 0.2) is 0 Å². The second-order valence-electron chi connectivity index (χ2n) is 0.577. The van der Waals surface area contributed by atoms with E-state index < -0.39 is 0 Å². The molecule has 0 aliphatic carbocycles. The van der Waals surface area contributed by atoms with E-state index in [1.807, 2.05) is 0 Å². The number of nitrogens with two attached hydrogens (primary N) is 2. The van der Waals surface area contributed by atoms with Crippen molar-refractivity contribution >= 4 is 0 Å². The van der Waals surface area contributed by atoms with Gasteiger partial charge in [0.1, 0.15) is 0 Å². The summed E-state index contributed by atoms with van der Waals surface area (Å²) >= 11 is 0. The van der Waals surface area contributed by atoms with Crippen LogP contribution in [0.4, 0.5) is 0 Å². The molecule has 0 aromatic rings. The maximum atomic E-state index is 6.25. The molecule has 0 amide bonds. The Hall–Kier alpha value is 0.644. The summed E-state index contributed by atoms with van der Waals surface area (Å²) in [5.74, 6) is 0. The van der Waals surface area contributed by atoms with E-state index in [9.17, 15) is 0 Å². The quantitative estimate of drug-likeness (QED) is 0.474. The molecule has 8 heavy (non-hydrogen) atoms. The number of hydrogen-bond acceptors (Lipinski definition) is 3. The fourth-order valence-corrected chi connectivity index (χ4v) is 0. The third-order valence-electron chi connectivity index (χ3n) is 0.167. The van der Waals surface area contributed by atoms with Crippen LogP contribution in [0.25, 0.3) is 0 Å². The molecule has 0 aliphatic heterocycles. The van der Waals surface area contributed by atoms with Crippen molar-refractivity contribution in [1.29, 1.82) is 5.26 Å². The van der Waals surface area contributed by atoms with Crippen molar-refractivity contribution in [1.82, 2.24) is 0 Å². The minimum absolute atomic E-state index is 0. The van der Waals surface area contributed by atoms with E-state index in [0.29, 0.717) is 13.1 Å². The first kappa shape index (κ1) is 23.4. The zero-order valence-electron chi connectivity index (χ0n) is 4.13. The molecule has 0 spiro atoms. The molecule has 5 heteroatoms. The van der Waals surface area contributed by atoms with Crippen LogP contribution in [0.2, 0.25) is 0 Å². The summed E-state index contributed by atoms with van der Waals surface area (Å²) in [6.45, 7) is 5.94. The molecule has 0 atom stereocenters. The minimum atomic E-state index is 0. The Morgan fingerprint density at radius 2 is 1.25 bits per heavy atom. The molecule has 0 fully saturated rings. The van der Waals surface area contributed by atoms with Crippen LogP contribution in [0.1, 0.15) is 0 Å². The maximum absolute atomic E-state index is 6.25. The van der Waals surface area contributed by atoms with E-state index in [4.69, 9.17) is 23.3 Å². The second kappa shape index (κ2) is 48.3. The van der Waals surface area contributed by atoms with Crippen LogP contribution in [0, 0.1) is 11.8 Å². The van der Waals surface area contributed by atoms with Crippen molar-refractivity contribution in [3.8, 4) is 0 Å². The molecule has 0 aromatic carbocycles. The van der Waals surface area contributed by atoms with Gasteiger partial charge in [-0.25, -0.2) is 0 Å². The predicted molar refractivity (Wildman–Crippen MR) is 23.1 cm³/mol. The standard InChI is InChI=1S/C2H8N2.CN.Au.Ni/c3-1-2-4;1-2;;/h1-4H2;;;/q;-1;+1;+2. The molecular formula is C3H8AuN3Ni+2. The van der Waals surface area contributed by atoms with E-state index in [-0.39, 0.29) is 38.9 Å². The van der Waals surface area contributed by atoms with Crippen LogP contribution in [0.3, 0.4) is 0 Å².